The van der Waals surface area contributed by atoms with Crippen LogP contribution in [0.3, 0.4) is 0 Å². The van der Waals surface area contributed by atoms with Gasteiger partial charge in [-0.1, -0.05) is 55.7 Å². The van der Waals surface area contributed by atoms with Crippen LogP contribution in [0.1, 0.15) is 94.0 Å². The van der Waals surface area contributed by atoms with Crippen molar-refractivity contribution in [1.82, 2.24) is 46.6 Å². The minimum atomic E-state index is -2.02. The van der Waals surface area contributed by atoms with Gasteiger partial charge in [0.2, 0.25) is 35.4 Å². The maximum atomic E-state index is 14.7. The summed E-state index contributed by atoms with van der Waals surface area (Å²) in [5.41, 5.74) is 8.67. The number of hydrogen-bond acceptors (Lipinski definition) is 21. The number of nitrogens with one attached hydrogen (secondary N) is 5. The van der Waals surface area contributed by atoms with Crippen molar-refractivity contribution in [3.63, 3.8) is 0 Å². The Morgan fingerprint density at radius 2 is 1.38 bits per heavy atom. The van der Waals surface area contributed by atoms with Crippen molar-refractivity contribution in [2.75, 3.05) is 58.4 Å². The number of phenols is 1. The molecule has 4 aromatic rings. The summed E-state index contributed by atoms with van der Waals surface area (Å²) in [5.74, 6) is -7.91. The summed E-state index contributed by atoms with van der Waals surface area (Å²) in [7, 11) is 3.14. The number of phenolic OH excluding ortho intramolecular Hbond substituents is 1. The zero-order valence-corrected chi connectivity index (χ0v) is 52.3. The summed E-state index contributed by atoms with van der Waals surface area (Å²) in [5, 5.41) is 101. The predicted octanol–water partition coefficient (Wildman–Crippen LogP) is -0.551. The number of aromatic nitrogens is 2. The molecule has 5 aliphatic rings. The number of methoxy groups -OCH3 is 2. The van der Waals surface area contributed by atoms with Crippen LogP contribution in [0, 0.1) is 11.8 Å². The molecule has 9 rings (SSSR count). The summed E-state index contributed by atoms with van der Waals surface area (Å²) in [4.78, 5) is 106. The molecule has 0 spiro atoms. The van der Waals surface area contributed by atoms with Crippen LogP contribution >= 0.6 is 11.3 Å². The molecule has 4 saturated heterocycles. The fraction of sp³-hybridized carbons (Fsp3) is 0.571. The average molecular weight is 1280 g/mol. The van der Waals surface area contributed by atoms with E-state index in [2.05, 4.69) is 53.8 Å². The molecule has 91 heavy (non-hydrogen) atoms. The summed E-state index contributed by atoms with van der Waals surface area (Å²) >= 11 is 1.35. The fourth-order valence-electron chi connectivity index (χ4n) is 13.3. The third-order valence-corrected chi connectivity index (χ3v) is 19.6. The van der Waals surface area contributed by atoms with Gasteiger partial charge in [0.15, 0.2) is 11.5 Å². The van der Waals surface area contributed by atoms with E-state index in [1.807, 2.05) is 19.2 Å². The summed E-state index contributed by atoms with van der Waals surface area (Å²) in [6.07, 6.45) is -3.50. The number of nitrogens with zero attached hydrogens (tertiary/aromatic N) is 5. The van der Waals surface area contributed by atoms with E-state index in [-0.39, 0.29) is 47.7 Å². The van der Waals surface area contributed by atoms with Gasteiger partial charge in [-0.3, -0.25) is 33.6 Å². The molecule has 1 saturated carbocycles. The van der Waals surface area contributed by atoms with Crippen LogP contribution in [0.25, 0.3) is 21.1 Å². The van der Waals surface area contributed by atoms with E-state index < -0.39 is 152 Å². The minimum Gasteiger partial charge on any atom is -0.504 e. The van der Waals surface area contributed by atoms with E-state index >= 15 is 0 Å². The van der Waals surface area contributed by atoms with Crippen LogP contribution in [-0.2, 0) is 39.9 Å². The summed E-state index contributed by atoms with van der Waals surface area (Å²) in [6, 6.07) is 7.61. The van der Waals surface area contributed by atoms with Gasteiger partial charge in [0.05, 0.1) is 49.3 Å². The number of amides is 7. The zero-order chi connectivity index (χ0) is 65.4. The Morgan fingerprint density at radius 1 is 0.758 bits per heavy atom. The normalized spacial score (nSPS) is 27.7. The third-order valence-electron chi connectivity index (χ3n) is 18.6. The van der Waals surface area contributed by atoms with Crippen LogP contribution < -0.4 is 42.0 Å². The number of ether oxygens (including phenoxy) is 2. The first-order valence-corrected chi connectivity index (χ1v) is 31.9. The van der Waals surface area contributed by atoms with E-state index in [1.54, 1.807) is 19.1 Å². The average Bonchev–Trinajstić information content (AvgIpc) is 1.90. The fourth-order valence-corrected chi connectivity index (χ4v) is 14.1. The Labute approximate surface area is 531 Å². The lowest BCUT2D eigenvalue weighted by molar-refractivity contribution is -0.147. The quantitative estimate of drug-likeness (QED) is 0.0710. The highest BCUT2D eigenvalue weighted by atomic mass is 32.1. The maximum absolute atomic E-state index is 14.7. The highest BCUT2D eigenvalue weighted by molar-refractivity contribution is 7.17. The molecule has 28 heteroatoms. The number of rotatable bonds is 15. The molecule has 5 heterocycles. The number of carbonyl (C=O) groups excluding carboxylic acids is 7. The molecule has 1 aliphatic carbocycles. The largest absolute Gasteiger partial charge is 0.504 e. The number of benzene rings is 3. The van der Waals surface area contributed by atoms with Crippen LogP contribution in [0.4, 0.5) is 5.69 Å². The number of aliphatic hydroxyl groups excluding tert-OH is 6. The first kappa shape index (κ1) is 68.0. The molecule has 1 unspecified atom stereocenters. The van der Waals surface area contributed by atoms with Gasteiger partial charge in [-0.25, -0.2) is 0 Å². The molecule has 1 aromatic heterocycles. The van der Waals surface area contributed by atoms with Crippen molar-refractivity contribution >= 4 is 58.4 Å². The van der Waals surface area contributed by atoms with Gasteiger partial charge in [-0.2, -0.15) is 0 Å². The summed E-state index contributed by atoms with van der Waals surface area (Å²) < 4.78 is 11.4. The van der Waals surface area contributed by atoms with Crippen molar-refractivity contribution in [3.8, 4) is 32.6 Å². The van der Waals surface area contributed by atoms with Gasteiger partial charge in [-0.15, -0.1) is 10.2 Å². The van der Waals surface area contributed by atoms with Crippen LogP contribution in [0.2, 0.25) is 0 Å². The molecule has 0 bridgehead atoms. The van der Waals surface area contributed by atoms with E-state index in [1.165, 1.54) is 80.9 Å². The number of fused-ring (bicyclic) bond motifs is 2. The van der Waals surface area contributed by atoms with Gasteiger partial charge < -0.3 is 92.2 Å². The topological polar surface area (TPSA) is 401 Å². The zero-order valence-electron chi connectivity index (χ0n) is 51.5. The first-order valence-electron chi connectivity index (χ1n) is 31.1. The van der Waals surface area contributed by atoms with Gasteiger partial charge in [0.1, 0.15) is 46.3 Å². The minimum absolute atomic E-state index is 0.00233. The van der Waals surface area contributed by atoms with E-state index in [0.717, 1.165) is 53.9 Å². The number of piperidine rings is 1. The molecule has 494 valence electrons. The van der Waals surface area contributed by atoms with Crippen molar-refractivity contribution < 1.29 is 78.8 Å². The van der Waals surface area contributed by atoms with Crippen molar-refractivity contribution in [1.29, 1.82) is 0 Å². The van der Waals surface area contributed by atoms with E-state index in [4.69, 9.17) is 15.2 Å². The van der Waals surface area contributed by atoms with Gasteiger partial charge in [0.25, 0.3) is 5.91 Å². The molecular weight excluding hydrogens is 1200 g/mol. The third kappa shape index (κ3) is 15.6. The number of carbonyl (C=O) groups is 7. The SMILES string of the molecule is COc1cc(C[C@@H](O)[C@@H]2NC(=O)[C@@H]3C[C@@H](O)CN3C(=O)[C@H]([C@@H](C)O)NC(=O)C(NC(=O)c3ccc(-c4nnc(-c5ccc(N6CCC(OC)(C7CCCCC7)CC6)cc5)s4)cc3)C[C@@H](O)CNC(=O)[C@@H]3[C@@H](O)[C@@H](C)CN3C(=O)[C@H]([C@H](O)CCN)NC2=O)ccc1O. The highest BCUT2D eigenvalue weighted by Gasteiger charge is 2.50. The second-order valence-corrected chi connectivity index (χ2v) is 25.7. The second kappa shape index (κ2) is 29.9. The molecule has 3 aromatic carbocycles. The Kier molecular flexibility index (Phi) is 22.3. The van der Waals surface area contributed by atoms with Crippen molar-refractivity contribution in [2.45, 2.75) is 163 Å². The molecular formula is C63H85N11O16S. The number of aliphatic hydroxyl groups is 6. The van der Waals surface area contributed by atoms with Crippen LogP contribution in [-0.4, -0.2) is 229 Å². The number of hydrogen-bond donors (Lipinski definition) is 13. The molecule has 5 fully saturated rings. The van der Waals surface area contributed by atoms with Gasteiger partial charge in [0, 0.05) is 87.4 Å². The van der Waals surface area contributed by atoms with Crippen LogP contribution in [0.5, 0.6) is 11.5 Å². The summed E-state index contributed by atoms with van der Waals surface area (Å²) in [6.45, 7) is 2.85. The van der Waals surface area contributed by atoms with Crippen LogP contribution in [0.15, 0.2) is 66.7 Å². The molecule has 27 nitrogen and oxygen atoms in total. The Morgan fingerprint density at radius 3 is 2.01 bits per heavy atom. The van der Waals surface area contributed by atoms with Crippen molar-refractivity contribution in [2.24, 2.45) is 17.6 Å². The number of nitrogens with two attached hydrogens (primary N) is 1. The molecule has 14 N–H and O–H groups in total. The highest BCUT2D eigenvalue weighted by Crippen LogP contribution is 2.43. The Balaban J connectivity index is 0.950. The predicted molar refractivity (Wildman–Crippen MR) is 332 cm³/mol. The number of β-amino-alcohol motifs (C(OH)–C–C–N with tert-alkyl or cyclic N) is 1. The lowest BCUT2D eigenvalue weighted by Crippen LogP contribution is -2.64. The monoisotopic (exact) mass is 1280 g/mol. The van der Waals surface area contributed by atoms with Gasteiger partial charge >= 0.3 is 0 Å². The molecule has 7 amide bonds. The maximum Gasteiger partial charge on any atom is 0.251 e. The van der Waals surface area contributed by atoms with Crippen molar-refractivity contribution in [3.05, 3.63) is 77.9 Å². The van der Waals surface area contributed by atoms with Gasteiger partial charge in [-0.05, 0) is 106 Å². The lowest BCUT2D eigenvalue weighted by atomic mass is 9.72. The second-order valence-electron chi connectivity index (χ2n) is 24.7. The Bertz CT molecular complexity index is 3220. The Hall–Kier alpha value is -7.41. The van der Waals surface area contributed by atoms with E-state index in [0.29, 0.717) is 21.5 Å². The smallest absolute Gasteiger partial charge is 0.251 e. The number of anilines is 1. The van der Waals surface area contributed by atoms with E-state index in [9.17, 15) is 69.3 Å². The molecule has 13 atom stereocenters. The molecule has 4 aliphatic heterocycles. The standard InChI is InChI=1S/C63H85N11O16S/c1-33-31-74-52(53(33)81)58(86)65-30-41(76)28-43(66-54(82)36-11-13-37(14-12-36)59-70-71-60(91-59)38-15-17-40(18-16-38)72-24-21-63(90-4,22-25-72)39-8-6-5-7-9-39)55(83)67-49(34(2)75)61(87)73-32-42(77)29-44(73)56(84)68-50(57(85)69-51(62(74)88)46(79)20-23-64)47(80)26-35-10-19-45(78)48(27-35)89-3/h10-19,27,33-34,39,41-44,46-47,49-53,75-81H,5-9,20-26,28-32,64H2,1-4H3,(H,65,86)(H,66,82)(H,67,83)(H,68,84)(H,69,85)/t33-,34+,41+,42+,43?,44-,46+,47+,49-,50-,51-,52-,53-/m0/s1. The number of aromatic hydroxyl groups is 1. The first-order chi connectivity index (χ1) is 43.5. The molecule has 0 radical (unpaired) electrons. The lowest BCUT2D eigenvalue weighted by Gasteiger charge is -2.47.